The summed E-state index contributed by atoms with van der Waals surface area (Å²) in [7, 11) is 0. The number of ether oxygens (including phenoxy) is 2. The van der Waals surface area contributed by atoms with E-state index in [1.807, 2.05) is 6.07 Å². The Hall–Kier alpha value is -2.44. The van der Waals surface area contributed by atoms with Gasteiger partial charge in [-0.05, 0) is 31.2 Å². The molecule has 1 unspecified atom stereocenters. The lowest BCUT2D eigenvalue weighted by Crippen LogP contribution is -2.42. The number of aromatic hydroxyl groups is 1. The van der Waals surface area contributed by atoms with Gasteiger partial charge in [0.15, 0.2) is 11.5 Å². The lowest BCUT2D eigenvalue weighted by atomic mass is 10.1. The number of para-hydroxylation sites is 2. The third-order valence-electron chi connectivity index (χ3n) is 3.55. The molecule has 8 heteroatoms. The Balaban J connectivity index is 1.71. The van der Waals surface area contributed by atoms with Crippen molar-refractivity contribution in [3.05, 3.63) is 52.0 Å². The summed E-state index contributed by atoms with van der Waals surface area (Å²) in [5.74, 6) is 0.452. The first-order valence-corrected chi connectivity index (χ1v) is 8.12. The molecule has 0 aliphatic carbocycles. The first-order valence-electron chi connectivity index (χ1n) is 7.36. The van der Waals surface area contributed by atoms with Crippen molar-refractivity contribution in [2.45, 2.75) is 13.0 Å². The normalized spacial score (nSPS) is 16.4. The number of rotatable bonds is 3. The molecule has 0 saturated carbocycles. The summed E-state index contributed by atoms with van der Waals surface area (Å²) in [6, 6.07) is 10.0. The van der Waals surface area contributed by atoms with Crippen molar-refractivity contribution in [1.29, 1.82) is 0 Å². The molecule has 6 nitrogen and oxygen atoms in total. The lowest BCUT2D eigenvalue weighted by Gasteiger charge is -2.24. The molecule has 130 valence electrons. The van der Waals surface area contributed by atoms with E-state index in [0.717, 1.165) is 0 Å². The van der Waals surface area contributed by atoms with Gasteiger partial charge < -0.3 is 14.6 Å². The molecule has 0 aromatic heterocycles. The van der Waals surface area contributed by atoms with E-state index >= 15 is 0 Å². The van der Waals surface area contributed by atoms with Crippen LogP contribution in [0.4, 0.5) is 0 Å². The van der Waals surface area contributed by atoms with E-state index in [4.69, 9.17) is 32.7 Å². The SMILES string of the molecule is C/C(=N\NC(=O)C1COc2ccccc2O1)c1cc(Cl)cc(Cl)c1O. The second-order valence-corrected chi connectivity index (χ2v) is 6.16. The smallest absolute Gasteiger partial charge is 0.284 e. The number of hydrazone groups is 1. The molecule has 25 heavy (non-hydrogen) atoms. The van der Waals surface area contributed by atoms with E-state index < -0.39 is 12.0 Å². The number of halogens is 2. The van der Waals surface area contributed by atoms with Crippen molar-refractivity contribution < 1.29 is 19.4 Å². The van der Waals surface area contributed by atoms with Crippen LogP contribution in [0.3, 0.4) is 0 Å². The van der Waals surface area contributed by atoms with Crippen molar-refractivity contribution in [3.8, 4) is 17.2 Å². The first kappa shape index (κ1) is 17.4. The summed E-state index contributed by atoms with van der Waals surface area (Å²) >= 11 is 11.8. The molecule has 1 atom stereocenters. The third-order valence-corrected chi connectivity index (χ3v) is 4.06. The summed E-state index contributed by atoms with van der Waals surface area (Å²) in [6.45, 7) is 1.68. The summed E-state index contributed by atoms with van der Waals surface area (Å²) in [5, 5.41) is 14.4. The molecule has 1 heterocycles. The fraction of sp³-hybridized carbons (Fsp3) is 0.176. The van der Waals surface area contributed by atoms with Crippen LogP contribution in [0.2, 0.25) is 10.0 Å². The molecule has 1 aliphatic heterocycles. The average Bonchev–Trinajstić information content (AvgIpc) is 2.62. The number of benzene rings is 2. The highest BCUT2D eigenvalue weighted by Crippen LogP contribution is 2.32. The van der Waals surface area contributed by atoms with Crippen LogP contribution >= 0.6 is 23.2 Å². The Morgan fingerprint density at radius 1 is 1.28 bits per heavy atom. The minimum atomic E-state index is -0.831. The van der Waals surface area contributed by atoms with Gasteiger partial charge in [0.05, 0.1) is 10.7 Å². The highest BCUT2D eigenvalue weighted by atomic mass is 35.5. The number of carbonyl (C=O) groups is 1. The van der Waals surface area contributed by atoms with Gasteiger partial charge in [0.1, 0.15) is 12.4 Å². The van der Waals surface area contributed by atoms with E-state index in [-0.39, 0.29) is 17.4 Å². The van der Waals surface area contributed by atoms with E-state index in [0.29, 0.717) is 27.8 Å². The van der Waals surface area contributed by atoms with Gasteiger partial charge in [0, 0.05) is 10.6 Å². The van der Waals surface area contributed by atoms with E-state index in [9.17, 15) is 9.90 Å². The van der Waals surface area contributed by atoms with Crippen LogP contribution < -0.4 is 14.9 Å². The maximum atomic E-state index is 12.2. The monoisotopic (exact) mass is 380 g/mol. The molecule has 3 rings (SSSR count). The van der Waals surface area contributed by atoms with E-state index in [1.54, 1.807) is 25.1 Å². The zero-order valence-electron chi connectivity index (χ0n) is 13.1. The number of nitrogens with zero attached hydrogens (tertiary/aromatic N) is 1. The molecular weight excluding hydrogens is 367 g/mol. The predicted molar refractivity (Wildman–Crippen MR) is 94.8 cm³/mol. The van der Waals surface area contributed by atoms with Gasteiger partial charge in [0.25, 0.3) is 5.91 Å². The fourth-order valence-corrected chi connectivity index (χ4v) is 2.76. The van der Waals surface area contributed by atoms with Gasteiger partial charge in [-0.15, -0.1) is 0 Å². The van der Waals surface area contributed by atoms with E-state index in [1.165, 1.54) is 12.1 Å². The average molecular weight is 381 g/mol. The minimum Gasteiger partial charge on any atom is -0.506 e. The highest BCUT2D eigenvalue weighted by Gasteiger charge is 2.27. The molecule has 1 amide bonds. The number of phenolic OH excluding ortho intramolecular Hbond substituents is 1. The van der Waals surface area contributed by atoms with Crippen LogP contribution in [0.1, 0.15) is 12.5 Å². The van der Waals surface area contributed by atoms with Gasteiger partial charge in [0.2, 0.25) is 6.10 Å². The predicted octanol–water partition coefficient (Wildman–Crippen LogP) is 3.38. The zero-order chi connectivity index (χ0) is 18.0. The van der Waals surface area contributed by atoms with Crippen molar-refractivity contribution in [2.24, 2.45) is 5.10 Å². The maximum absolute atomic E-state index is 12.2. The second kappa shape index (κ2) is 7.21. The number of carbonyl (C=O) groups excluding carboxylic acids is 1. The number of phenols is 1. The van der Waals surface area contributed by atoms with Crippen LogP contribution in [0.25, 0.3) is 0 Å². The van der Waals surface area contributed by atoms with Gasteiger partial charge in [-0.3, -0.25) is 4.79 Å². The standard InChI is InChI=1S/C17H14Cl2N2O4/c1-9(11-6-10(18)7-12(19)16(11)22)20-21-17(23)15-8-24-13-4-2-3-5-14(13)25-15/h2-7,15,22H,8H2,1H3,(H,21,23)/b20-9+. The van der Waals surface area contributed by atoms with Crippen molar-refractivity contribution in [3.63, 3.8) is 0 Å². The summed E-state index contributed by atoms with van der Waals surface area (Å²) < 4.78 is 11.1. The largest absolute Gasteiger partial charge is 0.506 e. The molecular formula is C17H14Cl2N2O4. The number of hydrogen-bond acceptors (Lipinski definition) is 5. The quantitative estimate of drug-likeness (QED) is 0.631. The Bertz CT molecular complexity index is 855. The number of fused-ring (bicyclic) bond motifs is 1. The van der Waals surface area contributed by atoms with Crippen LogP contribution in [0, 0.1) is 0 Å². The Morgan fingerprint density at radius 3 is 2.76 bits per heavy atom. The Labute approximate surface area is 154 Å². The number of hydrogen-bond donors (Lipinski definition) is 2. The lowest BCUT2D eigenvalue weighted by molar-refractivity contribution is -0.130. The van der Waals surface area contributed by atoms with Gasteiger partial charge in [-0.1, -0.05) is 35.3 Å². The Kier molecular flexibility index (Phi) is 5.01. The first-order chi connectivity index (χ1) is 12.0. The summed E-state index contributed by atoms with van der Waals surface area (Å²) in [6.07, 6.45) is -0.831. The molecule has 0 spiro atoms. The second-order valence-electron chi connectivity index (χ2n) is 5.32. The molecule has 2 aromatic carbocycles. The topological polar surface area (TPSA) is 80.2 Å². The fourth-order valence-electron chi connectivity index (χ4n) is 2.26. The summed E-state index contributed by atoms with van der Waals surface area (Å²) in [4.78, 5) is 12.2. The molecule has 2 N–H and O–H groups in total. The van der Waals surface area contributed by atoms with Crippen LogP contribution in [-0.4, -0.2) is 29.4 Å². The molecule has 2 aromatic rings. The zero-order valence-corrected chi connectivity index (χ0v) is 14.6. The van der Waals surface area contributed by atoms with Gasteiger partial charge in [-0.25, -0.2) is 5.43 Å². The van der Waals surface area contributed by atoms with Gasteiger partial charge in [-0.2, -0.15) is 5.10 Å². The Morgan fingerprint density at radius 2 is 2.00 bits per heavy atom. The van der Waals surface area contributed by atoms with Gasteiger partial charge >= 0.3 is 0 Å². The summed E-state index contributed by atoms with van der Waals surface area (Å²) in [5.41, 5.74) is 3.06. The van der Waals surface area contributed by atoms with Crippen molar-refractivity contribution in [1.82, 2.24) is 5.43 Å². The van der Waals surface area contributed by atoms with Crippen molar-refractivity contribution >= 4 is 34.8 Å². The number of nitrogens with one attached hydrogen (secondary N) is 1. The molecule has 0 radical (unpaired) electrons. The van der Waals surface area contributed by atoms with Crippen LogP contribution in [0.15, 0.2) is 41.5 Å². The molecule has 0 fully saturated rings. The van der Waals surface area contributed by atoms with E-state index in [2.05, 4.69) is 10.5 Å². The molecule has 0 bridgehead atoms. The highest BCUT2D eigenvalue weighted by molar-refractivity contribution is 6.36. The number of amides is 1. The molecule has 1 aliphatic rings. The van der Waals surface area contributed by atoms with Crippen LogP contribution in [0.5, 0.6) is 17.2 Å². The maximum Gasteiger partial charge on any atom is 0.284 e. The minimum absolute atomic E-state index is 0.0751. The molecule has 0 saturated heterocycles. The van der Waals surface area contributed by atoms with Crippen molar-refractivity contribution in [2.75, 3.05) is 6.61 Å². The third kappa shape index (κ3) is 3.81. The van der Waals surface area contributed by atoms with Crippen LogP contribution in [-0.2, 0) is 4.79 Å².